The standard InChI is InChI=1S/C9H15F3N2O4/c1-5(4-9(10,11)12)13-8(18)14-6(2-3-15)7(16)17/h5-6,15H,2-4H2,1H3,(H,16,17)(H2,13,14,18)/t5?,6-/m0/s1. The summed E-state index contributed by atoms with van der Waals surface area (Å²) in [6.45, 7) is 0.685. The maximum atomic E-state index is 12.0. The van der Waals surface area contributed by atoms with E-state index in [9.17, 15) is 22.8 Å². The Bertz CT molecular complexity index is 296. The number of aliphatic hydroxyl groups is 1. The number of carbonyl (C=O) groups excluding carboxylic acids is 1. The number of aliphatic carboxylic acids is 1. The molecule has 1 unspecified atom stereocenters. The first kappa shape index (κ1) is 16.5. The van der Waals surface area contributed by atoms with E-state index < -0.39 is 43.3 Å². The quantitative estimate of drug-likeness (QED) is 0.564. The van der Waals surface area contributed by atoms with Crippen molar-refractivity contribution in [3.8, 4) is 0 Å². The molecule has 2 amide bonds. The molecule has 0 saturated heterocycles. The second-order valence-electron chi connectivity index (χ2n) is 3.74. The molecule has 4 N–H and O–H groups in total. The van der Waals surface area contributed by atoms with Crippen molar-refractivity contribution in [3.63, 3.8) is 0 Å². The Morgan fingerprint density at radius 1 is 1.28 bits per heavy atom. The predicted octanol–water partition coefficient (Wildman–Crippen LogP) is 0.462. The molecule has 0 aromatic rings. The highest BCUT2D eigenvalue weighted by atomic mass is 19.4. The van der Waals surface area contributed by atoms with E-state index in [1.165, 1.54) is 0 Å². The lowest BCUT2D eigenvalue weighted by Crippen LogP contribution is -2.49. The molecule has 0 heterocycles. The van der Waals surface area contributed by atoms with Gasteiger partial charge >= 0.3 is 18.2 Å². The highest BCUT2D eigenvalue weighted by Gasteiger charge is 2.31. The predicted molar refractivity (Wildman–Crippen MR) is 54.9 cm³/mol. The van der Waals surface area contributed by atoms with Gasteiger partial charge in [0, 0.05) is 19.1 Å². The molecule has 106 valence electrons. The fourth-order valence-electron chi connectivity index (χ4n) is 1.21. The van der Waals surface area contributed by atoms with Gasteiger partial charge in [-0.05, 0) is 6.92 Å². The van der Waals surface area contributed by atoms with Crippen molar-refractivity contribution < 1.29 is 33.0 Å². The minimum Gasteiger partial charge on any atom is -0.480 e. The van der Waals surface area contributed by atoms with Crippen molar-refractivity contribution in [2.24, 2.45) is 0 Å². The molecule has 2 atom stereocenters. The first-order valence-corrected chi connectivity index (χ1v) is 5.13. The Morgan fingerprint density at radius 3 is 2.22 bits per heavy atom. The third-order valence-corrected chi connectivity index (χ3v) is 1.94. The Kier molecular flexibility index (Phi) is 6.45. The molecular formula is C9H15F3N2O4. The lowest BCUT2D eigenvalue weighted by atomic mass is 10.2. The molecule has 0 spiro atoms. The van der Waals surface area contributed by atoms with Crippen molar-refractivity contribution in [2.75, 3.05) is 6.61 Å². The van der Waals surface area contributed by atoms with E-state index in [0.717, 1.165) is 6.92 Å². The minimum atomic E-state index is -4.41. The summed E-state index contributed by atoms with van der Waals surface area (Å²) >= 11 is 0. The van der Waals surface area contributed by atoms with Gasteiger partial charge in [-0.1, -0.05) is 0 Å². The Hall–Kier alpha value is -1.51. The van der Waals surface area contributed by atoms with Crippen LogP contribution in [0.3, 0.4) is 0 Å². The Balaban J connectivity index is 4.20. The summed E-state index contributed by atoms with van der Waals surface area (Å²) in [6, 6.07) is -3.53. The number of hydrogen-bond donors (Lipinski definition) is 4. The van der Waals surface area contributed by atoms with Gasteiger partial charge in [0.1, 0.15) is 6.04 Å². The molecule has 0 radical (unpaired) electrons. The Morgan fingerprint density at radius 2 is 1.83 bits per heavy atom. The van der Waals surface area contributed by atoms with Crippen LogP contribution in [-0.2, 0) is 4.79 Å². The molecule has 0 rings (SSSR count). The number of carbonyl (C=O) groups is 2. The maximum Gasteiger partial charge on any atom is 0.391 e. The van der Waals surface area contributed by atoms with E-state index in [0.29, 0.717) is 0 Å². The summed E-state index contributed by atoms with van der Waals surface area (Å²) < 4.78 is 35.9. The van der Waals surface area contributed by atoms with Gasteiger partial charge in [-0.2, -0.15) is 13.2 Å². The molecule has 18 heavy (non-hydrogen) atoms. The monoisotopic (exact) mass is 272 g/mol. The molecule has 0 fully saturated rings. The van der Waals surface area contributed by atoms with Crippen LogP contribution >= 0.6 is 0 Å². The minimum absolute atomic E-state index is 0.226. The van der Waals surface area contributed by atoms with Gasteiger partial charge in [-0.15, -0.1) is 0 Å². The van der Waals surface area contributed by atoms with E-state index in [1.807, 2.05) is 10.6 Å². The average Bonchev–Trinajstić information content (AvgIpc) is 2.13. The van der Waals surface area contributed by atoms with E-state index in [-0.39, 0.29) is 6.42 Å². The van der Waals surface area contributed by atoms with Crippen LogP contribution in [0.4, 0.5) is 18.0 Å². The summed E-state index contributed by atoms with van der Waals surface area (Å²) in [5.41, 5.74) is 0. The number of carboxylic acids is 1. The zero-order chi connectivity index (χ0) is 14.3. The zero-order valence-electron chi connectivity index (χ0n) is 9.62. The molecule has 0 aliphatic rings. The van der Waals surface area contributed by atoms with Crippen molar-refractivity contribution in [3.05, 3.63) is 0 Å². The first-order chi connectivity index (χ1) is 8.15. The molecule has 0 aliphatic heterocycles. The van der Waals surface area contributed by atoms with Gasteiger partial charge in [0.05, 0.1) is 6.42 Å². The van der Waals surface area contributed by atoms with Crippen molar-refractivity contribution >= 4 is 12.0 Å². The summed E-state index contributed by atoms with van der Waals surface area (Å²) in [4.78, 5) is 21.8. The fourth-order valence-corrected chi connectivity index (χ4v) is 1.21. The van der Waals surface area contributed by atoms with Gasteiger partial charge in [-0.3, -0.25) is 0 Å². The highest BCUT2D eigenvalue weighted by Crippen LogP contribution is 2.21. The van der Waals surface area contributed by atoms with Crippen LogP contribution in [0.5, 0.6) is 0 Å². The maximum absolute atomic E-state index is 12.0. The third-order valence-electron chi connectivity index (χ3n) is 1.94. The molecule has 0 saturated carbocycles. The Labute approximate surface area is 101 Å². The molecule has 0 aliphatic carbocycles. The highest BCUT2D eigenvalue weighted by molar-refractivity contribution is 5.82. The number of aliphatic hydroxyl groups excluding tert-OH is 1. The van der Waals surface area contributed by atoms with Crippen molar-refractivity contribution in [2.45, 2.75) is 38.0 Å². The van der Waals surface area contributed by atoms with Gasteiger partial charge < -0.3 is 20.8 Å². The number of nitrogens with one attached hydrogen (secondary N) is 2. The van der Waals surface area contributed by atoms with Crippen LogP contribution in [0.2, 0.25) is 0 Å². The third kappa shape index (κ3) is 7.71. The number of halogens is 3. The molecule has 0 aromatic carbocycles. The smallest absolute Gasteiger partial charge is 0.391 e. The van der Waals surface area contributed by atoms with Crippen LogP contribution in [0.25, 0.3) is 0 Å². The average molecular weight is 272 g/mol. The lowest BCUT2D eigenvalue weighted by Gasteiger charge is -2.18. The second-order valence-corrected chi connectivity index (χ2v) is 3.74. The van der Waals surface area contributed by atoms with E-state index in [2.05, 4.69) is 0 Å². The first-order valence-electron chi connectivity index (χ1n) is 5.13. The fraction of sp³-hybridized carbons (Fsp3) is 0.778. The number of hydrogen-bond acceptors (Lipinski definition) is 3. The van der Waals surface area contributed by atoms with Crippen molar-refractivity contribution in [1.82, 2.24) is 10.6 Å². The van der Waals surface area contributed by atoms with E-state index >= 15 is 0 Å². The molecule has 6 nitrogen and oxygen atoms in total. The second kappa shape index (κ2) is 7.04. The number of carboxylic acid groups (broad SMARTS) is 1. The largest absolute Gasteiger partial charge is 0.480 e. The van der Waals surface area contributed by atoms with Crippen LogP contribution in [0.15, 0.2) is 0 Å². The normalized spacial score (nSPS) is 14.7. The summed E-state index contributed by atoms with van der Waals surface area (Å²) in [5.74, 6) is -1.37. The lowest BCUT2D eigenvalue weighted by molar-refractivity contribution is -0.140. The van der Waals surface area contributed by atoms with Crippen LogP contribution in [0.1, 0.15) is 19.8 Å². The van der Waals surface area contributed by atoms with Gasteiger partial charge in [-0.25, -0.2) is 9.59 Å². The molecule has 9 heteroatoms. The molecule has 0 aromatic heterocycles. The molecular weight excluding hydrogens is 257 g/mol. The topological polar surface area (TPSA) is 98.7 Å². The van der Waals surface area contributed by atoms with Gasteiger partial charge in [0.25, 0.3) is 0 Å². The zero-order valence-corrected chi connectivity index (χ0v) is 9.62. The SMILES string of the molecule is CC(CC(F)(F)F)NC(=O)N[C@@H](CCO)C(=O)O. The molecule has 0 bridgehead atoms. The van der Waals surface area contributed by atoms with Crippen LogP contribution in [0, 0.1) is 0 Å². The number of rotatable bonds is 6. The van der Waals surface area contributed by atoms with Gasteiger partial charge in [0.15, 0.2) is 0 Å². The number of amides is 2. The van der Waals surface area contributed by atoms with E-state index in [4.69, 9.17) is 10.2 Å². The van der Waals surface area contributed by atoms with E-state index in [1.54, 1.807) is 0 Å². The van der Waals surface area contributed by atoms with Gasteiger partial charge in [0.2, 0.25) is 0 Å². The van der Waals surface area contributed by atoms with Crippen LogP contribution < -0.4 is 10.6 Å². The number of urea groups is 1. The van der Waals surface area contributed by atoms with Crippen molar-refractivity contribution in [1.29, 1.82) is 0 Å². The summed E-state index contributed by atoms with van der Waals surface area (Å²) in [5, 5.41) is 21.1. The van der Waals surface area contributed by atoms with Crippen LogP contribution in [-0.4, -0.2) is 47.1 Å². The summed E-state index contributed by atoms with van der Waals surface area (Å²) in [7, 11) is 0. The number of alkyl halides is 3. The summed E-state index contributed by atoms with van der Waals surface area (Å²) in [6.07, 6.45) is -5.85.